The van der Waals surface area contributed by atoms with Gasteiger partial charge < -0.3 is 39.5 Å². The molecule has 0 aliphatic carbocycles. The maximum Gasteiger partial charge on any atom is 0.243 e. The van der Waals surface area contributed by atoms with Gasteiger partial charge in [0, 0.05) is 24.2 Å². The number of nitrogens with one attached hydrogen (secondary N) is 1. The van der Waals surface area contributed by atoms with Crippen LogP contribution in [0, 0.1) is 0 Å². The number of aliphatic hydroxyl groups excluding tert-OH is 1. The number of aromatic nitrogens is 2. The lowest BCUT2D eigenvalue weighted by atomic mass is 9.97. The van der Waals surface area contributed by atoms with Crippen molar-refractivity contribution < 1.29 is 38.1 Å². The van der Waals surface area contributed by atoms with E-state index in [-0.39, 0.29) is 46.3 Å². The number of carbonyl (C=O) groups excluding carboxylic acids is 2. The normalized spacial score (nSPS) is 11.5. The van der Waals surface area contributed by atoms with Crippen LogP contribution >= 0.6 is 12.4 Å². The molecule has 0 aliphatic rings. The molecule has 4 N–H and O–H groups in total. The van der Waals surface area contributed by atoms with E-state index in [4.69, 9.17) is 29.1 Å². The molecule has 12 nitrogen and oxygen atoms in total. The molecular formula is C26H29ClN4O8. The number of carbonyl (C=O) groups is 2. The van der Waals surface area contributed by atoms with Gasteiger partial charge in [-0.05, 0) is 24.3 Å². The van der Waals surface area contributed by atoms with Crippen molar-refractivity contribution in [2.24, 2.45) is 12.8 Å². The Morgan fingerprint density at radius 3 is 2.23 bits per heavy atom. The van der Waals surface area contributed by atoms with Crippen LogP contribution in [0.15, 0.2) is 41.1 Å². The molecule has 39 heavy (non-hydrogen) atoms. The Hall–Kier alpha value is -4.26. The van der Waals surface area contributed by atoms with Crippen molar-refractivity contribution in [1.82, 2.24) is 9.78 Å². The number of nitrogens with zero attached hydrogens (tertiary/aromatic N) is 2. The van der Waals surface area contributed by atoms with Gasteiger partial charge in [0.15, 0.2) is 22.9 Å². The predicted molar refractivity (Wildman–Crippen MR) is 145 cm³/mol. The summed E-state index contributed by atoms with van der Waals surface area (Å²) in [5.74, 6) is 0.380. The van der Waals surface area contributed by atoms with E-state index in [0.717, 1.165) is 0 Å². The Balaban J connectivity index is 0.00000420. The number of ether oxygens (including phenoxy) is 4. The molecule has 4 aromatic rings. The molecular weight excluding hydrogens is 532 g/mol. The minimum atomic E-state index is -1.18. The molecule has 4 rings (SSSR count). The van der Waals surface area contributed by atoms with Crippen molar-refractivity contribution in [2.45, 2.75) is 6.04 Å². The van der Waals surface area contributed by atoms with Crippen molar-refractivity contribution in [3.63, 3.8) is 0 Å². The van der Waals surface area contributed by atoms with E-state index in [0.29, 0.717) is 28.2 Å². The molecule has 2 heterocycles. The largest absolute Gasteiger partial charge is 0.494 e. The van der Waals surface area contributed by atoms with Crippen molar-refractivity contribution in [2.75, 3.05) is 40.4 Å². The Labute approximate surface area is 230 Å². The zero-order valence-electron chi connectivity index (χ0n) is 21.9. The van der Waals surface area contributed by atoms with Crippen LogP contribution in [0.1, 0.15) is 15.9 Å². The summed E-state index contributed by atoms with van der Waals surface area (Å²) in [6.07, 6.45) is 3.25. The molecule has 13 heteroatoms. The smallest absolute Gasteiger partial charge is 0.243 e. The van der Waals surface area contributed by atoms with E-state index in [2.05, 4.69) is 10.4 Å². The highest BCUT2D eigenvalue weighted by Gasteiger charge is 2.29. The summed E-state index contributed by atoms with van der Waals surface area (Å²) in [5, 5.41) is 16.6. The van der Waals surface area contributed by atoms with Crippen LogP contribution in [-0.2, 0) is 11.8 Å². The van der Waals surface area contributed by atoms with Crippen molar-refractivity contribution in [3.05, 3.63) is 47.8 Å². The van der Waals surface area contributed by atoms with Crippen LogP contribution in [0.2, 0.25) is 0 Å². The molecule has 2 aromatic heterocycles. The van der Waals surface area contributed by atoms with Gasteiger partial charge in [-0.15, -0.1) is 12.4 Å². The Morgan fingerprint density at radius 1 is 1.08 bits per heavy atom. The van der Waals surface area contributed by atoms with Gasteiger partial charge in [0.25, 0.3) is 0 Å². The molecule has 0 bridgehead atoms. The van der Waals surface area contributed by atoms with Crippen LogP contribution in [0.3, 0.4) is 0 Å². The number of hydrogen-bond acceptors (Lipinski definition) is 10. The fourth-order valence-corrected chi connectivity index (χ4v) is 4.05. The highest BCUT2D eigenvalue weighted by atomic mass is 35.5. The number of halogens is 1. The number of amides is 1. The zero-order chi connectivity index (χ0) is 27.6. The number of methoxy groups -OCH3 is 4. The average molecular weight is 561 g/mol. The van der Waals surface area contributed by atoms with E-state index in [1.165, 1.54) is 28.4 Å². The van der Waals surface area contributed by atoms with Gasteiger partial charge in [0.1, 0.15) is 23.2 Å². The highest BCUT2D eigenvalue weighted by Crippen LogP contribution is 2.44. The van der Waals surface area contributed by atoms with E-state index in [9.17, 15) is 14.7 Å². The summed E-state index contributed by atoms with van der Waals surface area (Å²) in [4.78, 5) is 26.7. The molecule has 0 radical (unpaired) electrons. The lowest BCUT2D eigenvalue weighted by molar-refractivity contribution is -0.118. The van der Waals surface area contributed by atoms with Crippen LogP contribution in [0.5, 0.6) is 23.0 Å². The molecule has 2 aromatic carbocycles. The van der Waals surface area contributed by atoms with Crippen LogP contribution in [-0.4, -0.2) is 67.7 Å². The summed E-state index contributed by atoms with van der Waals surface area (Å²) in [7, 11) is 7.54. The van der Waals surface area contributed by atoms with Gasteiger partial charge in [-0.2, -0.15) is 5.10 Å². The zero-order valence-corrected chi connectivity index (χ0v) is 22.8. The lowest BCUT2D eigenvalue weighted by Crippen LogP contribution is -2.38. The molecule has 208 valence electrons. The van der Waals surface area contributed by atoms with E-state index in [1.807, 2.05) is 0 Å². The molecule has 0 spiro atoms. The first kappa shape index (κ1) is 29.3. The lowest BCUT2D eigenvalue weighted by Gasteiger charge is -2.14. The Kier molecular flexibility index (Phi) is 9.07. The topological polar surface area (TPSA) is 160 Å². The van der Waals surface area contributed by atoms with Crippen molar-refractivity contribution >= 4 is 40.8 Å². The second-order valence-electron chi connectivity index (χ2n) is 8.25. The van der Waals surface area contributed by atoms with Gasteiger partial charge in [0.2, 0.25) is 11.7 Å². The highest BCUT2D eigenvalue weighted by molar-refractivity contribution is 6.22. The second kappa shape index (κ2) is 12.1. The molecule has 1 atom stereocenters. The molecule has 0 saturated carbocycles. The van der Waals surface area contributed by atoms with Crippen LogP contribution in [0.4, 0.5) is 5.69 Å². The number of ketones is 1. The average Bonchev–Trinajstić information content (AvgIpc) is 3.54. The van der Waals surface area contributed by atoms with E-state index >= 15 is 0 Å². The molecule has 1 amide bonds. The fraction of sp³-hybridized carbons (Fsp3) is 0.269. The van der Waals surface area contributed by atoms with Crippen LogP contribution in [0.25, 0.3) is 22.3 Å². The monoisotopic (exact) mass is 560 g/mol. The first-order valence-corrected chi connectivity index (χ1v) is 11.4. The third-order valence-electron chi connectivity index (χ3n) is 5.94. The van der Waals surface area contributed by atoms with Gasteiger partial charge >= 0.3 is 0 Å². The Bertz CT molecular complexity index is 1490. The number of rotatable bonds is 10. The van der Waals surface area contributed by atoms with Crippen LogP contribution < -0.4 is 30.0 Å². The minimum absolute atomic E-state index is 0. The van der Waals surface area contributed by atoms with E-state index < -0.39 is 24.3 Å². The minimum Gasteiger partial charge on any atom is -0.494 e. The van der Waals surface area contributed by atoms with Gasteiger partial charge in [-0.3, -0.25) is 14.3 Å². The molecule has 0 unspecified atom stereocenters. The molecule has 0 aliphatic heterocycles. The first-order valence-electron chi connectivity index (χ1n) is 11.4. The number of nitrogens with two attached hydrogens (primary N) is 1. The predicted octanol–water partition coefficient (Wildman–Crippen LogP) is 2.78. The summed E-state index contributed by atoms with van der Waals surface area (Å²) >= 11 is 0. The van der Waals surface area contributed by atoms with Gasteiger partial charge in [-0.25, -0.2) is 0 Å². The number of anilines is 1. The maximum atomic E-state index is 14.1. The summed E-state index contributed by atoms with van der Waals surface area (Å²) in [6.45, 7) is -0.561. The van der Waals surface area contributed by atoms with Gasteiger partial charge in [-0.1, -0.05) is 0 Å². The maximum absolute atomic E-state index is 14.1. The Morgan fingerprint density at radius 2 is 1.72 bits per heavy atom. The number of hydrogen-bond donors (Lipinski definition) is 3. The first-order chi connectivity index (χ1) is 18.3. The number of furan rings is 1. The van der Waals surface area contributed by atoms with Crippen molar-refractivity contribution in [3.8, 4) is 34.3 Å². The van der Waals surface area contributed by atoms with E-state index in [1.54, 1.807) is 48.4 Å². The third-order valence-corrected chi connectivity index (χ3v) is 5.94. The third kappa shape index (κ3) is 5.35. The van der Waals surface area contributed by atoms with Crippen molar-refractivity contribution in [1.29, 1.82) is 0 Å². The number of fused-ring (bicyclic) bond motifs is 1. The van der Waals surface area contributed by atoms with Gasteiger partial charge in [0.05, 0.1) is 52.4 Å². The standard InChI is InChI=1S/C26H28N4O8.ClH/c1-30-11-14(10-28-30)23-20(22(32)13-8-18(35-3)25(37-5)19(9-13)36-4)15-6-7-17(34-2)21(24(15)38-23)29-26(33)16(27)12-31;/h6-11,16,31H,12,27H2,1-5H3,(H,29,33);1H/t16-;/m0./s1. The number of aliphatic hydroxyl groups is 1. The second-order valence-corrected chi connectivity index (χ2v) is 8.25. The number of aryl methyl sites for hydroxylation is 1. The summed E-state index contributed by atoms with van der Waals surface area (Å²) < 4.78 is 29.5. The quantitative estimate of drug-likeness (QED) is 0.246. The molecule has 0 fully saturated rings. The summed E-state index contributed by atoms with van der Waals surface area (Å²) in [6, 6.07) is 5.16. The number of benzene rings is 2. The SMILES string of the molecule is COc1cc(C(=O)c2c(-c3cnn(C)c3)oc3c(NC(=O)[C@@H](N)CO)c(OC)ccc23)cc(OC)c1OC.Cl. The summed E-state index contributed by atoms with van der Waals surface area (Å²) in [5.41, 5.74) is 7.03. The molecule has 0 saturated heterocycles. The fourth-order valence-electron chi connectivity index (χ4n) is 4.05.